The molecule has 0 aliphatic carbocycles. The lowest BCUT2D eigenvalue weighted by atomic mass is 9.96. The van der Waals surface area contributed by atoms with Crippen molar-refractivity contribution in [2.75, 3.05) is 37.6 Å². The average Bonchev–Trinajstić information content (AvgIpc) is 3.02. The molecular weight excluding hydrogens is 262 g/mol. The number of fused-ring (bicyclic) bond motifs is 1. The molecule has 2 aromatic heterocycles. The molecule has 0 atom stereocenters. The number of nitrogens with zero attached hydrogens (tertiary/aromatic N) is 4. The Morgan fingerprint density at radius 3 is 2.71 bits per heavy atom. The second-order valence-electron chi connectivity index (χ2n) is 5.85. The highest BCUT2D eigenvalue weighted by atomic mass is 15.2. The summed E-state index contributed by atoms with van der Waals surface area (Å²) in [4.78, 5) is 16.9. The largest absolute Gasteiger partial charge is 0.356 e. The van der Waals surface area contributed by atoms with Crippen LogP contribution in [0.25, 0.3) is 11.0 Å². The summed E-state index contributed by atoms with van der Waals surface area (Å²) in [5.74, 6) is 1.91. The standard InChI is InChI=1S/C16H25N5/c1-3-20(4-2)11-13-6-9-21(10-7-13)16-14-5-8-17-15(14)18-12-19-16/h5,8,12-13H,3-4,6-7,9-11H2,1-2H3,(H,17,18,19). The van der Waals surface area contributed by atoms with E-state index in [1.165, 1.54) is 19.4 Å². The Hall–Kier alpha value is -1.62. The first kappa shape index (κ1) is 14.3. The molecular formula is C16H25N5. The Kier molecular flexibility index (Phi) is 4.39. The molecule has 1 aliphatic heterocycles. The number of aromatic amines is 1. The van der Waals surface area contributed by atoms with Crippen LogP contribution in [0.4, 0.5) is 5.82 Å². The van der Waals surface area contributed by atoms with Crippen molar-refractivity contribution in [3.05, 3.63) is 18.6 Å². The molecule has 1 N–H and O–H groups in total. The number of rotatable bonds is 5. The maximum Gasteiger partial charge on any atom is 0.142 e. The smallest absolute Gasteiger partial charge is 0.142 e. The van der Waals surface area contributed by atoms with E-state index in [9.17, 15) is 0 Å². The summed E-state index contributed by atoms with van der Waals surface area (Å²) in [5.41, 5.74) is 0.935. The summed E-state index contributed by atoms with van der Waals surface area (Å²) in [7, 11) is 0. The average molecular weight is 287 g/mol. The van der Waals surface area contributed by atoms with Gasteiger partial charge in [-0.1, -0.05) is 13.8 Å². The van der Waals surface area contributed by atoms with Crippen molar-refractivity contribution in [2.24, 2.45) is 5.92 Å². The molecule has 0 radical (unpaired) electrons. The molecule has 3 heterocycles. The molecule has 3 rings (SSSR count). The van der Waals surface area contributed by atoms with E-state index in [4.69, 9.17) is 0 Å². The highest BCUT2D eigenvalue weighted by molar-refractivity contribution is 5.87. The van der Waals surface area contributed by atoms with E-state index in [1.54, 1.807) is 6.33 Å². The van der Waals surface area contributed by atoms with Gasteiger partial charge >= 0.3 is 0 Å². The molecule has 5 heteroatoms. The molecule has 1 aliphatic rings. The molecule has 114 valence electrons. The number of piperidine rings is 1. The molecule has 1 fully saturated rings. The lowest BCUT2D eigenvalue weighted by Gasteiger charge is -2.35. The maximum atomic E-state index is 4.51. The minimum absolute atomic E-state index is 0.824. The third-order valence-corrected chi connectivity index (χ3v) is 4.66. The maximum absolute atomic E-state index is 4.51. The predicted molar refractivity (Wildman–Crippen MR) is 86.6 cm³/mol. The van der Waals surface area contributed by atoms with Gasteiger partial charge in [0.05, 0.1) is 5.39 Å². The molecule has 0 bridgehead atoms. The molecule has 1 saturated heterocycles. The van der Waals surface area contributed by atoms with Crippen LogP contribution in [0, 0.1) is 5.92 Å². The van der Waals surface area contributed by atoms with E-state index in [0.29, 0.717) is 0 Å². The van der Waals surface area contributed by atoms with Gasteiger partial charge in [0.2, 0.25) is 0 Å². The predicted octanol–water partition coefficient (Wildman–Crippen LogP) is 2.52. The monoisotopic (exact) mass is 287 g/mol. The van der Waals surface area contributed by atoms with Crippen LogP contribution in [0.5, 0.6) is 0 Å². The number of anilines is 1. The Bertz CT molecular complexity index is 567. The lowest BCUT2D eigenvalue weighted by molar-refractivity contribution is 0.229. The molecule has 21 heavy (non-hydrogen) atoms. The van der Waals surface area contributed by atoms with Gasteiger partial charge < -0.3 is 14.8 Å². The zero-order chi connectivity index (χ0) is 14.7. The Balaban J connectivity index is 1.64. The van der Waals surface area contributed by atoms with Crippen molar-refractivity contribution < 1.29 is 0 Å². The molecule has 0 unspecified atom stereocenters. The normalized spacial score (nSPS) is 17.0. The topological polar surface area (TPSA) is 48.1 Å². The molecule has 0 saturated carbocycles. The molecule has 2 aromatic rings. The Labute approximate surface area is 126 Å². The number of H-pyrrole nitrogens is 1. The van der Waals surface area contributed by atoms with E-state index in [-0.39, 0.29) is 0 Å². The third kappa shape index (κ3) is 3.02. The quantitative estimate of drug-likeness (QED) is 0.918. The summed E-state index contributed by atoms with van der Waals surface area (Å²) in [6.45, 7) is 10.3. The number of hydrogen-bond acceptors (Lipinski definition) is 4. The van der Waals surface area contributed by atoms with Crippen LogP contribution >= 0.6 is 0 Å². The first-order valence-corrected chi connectivity index (χ1v) is 8.07. The van der Waals surface area contributed by atoms with Crippen molar-refractivity contribution >= 4 is 16.9 Å². The summed E-state index contributed by atoms with van der Waals surface area (Å²) in [6, 6.07) is 2.08. The highest BCUT2D eigenvalue weighted by Crippen LogP contribution is 2.27. The van der Waals surface area contributed by atoms with Gasteiger partial charge in [0, 0.05) is 25.8 Å². The van der Waals surface area contributed by atoms with Crippen LogP contribution in [0.15, 0.2) is 18.6 Å². The van der Waals surface area contributed by atoms with Gasteiger partial charge in [-0.25, -0.2) is 9.97 Å². The van der Waals surface area contributed by atoms with Crippen LogP contribution in [-0.4, -0.2) is 52.6 Å². The molecule has 0 amide bonds. The molecule has 5 nitrogen and oxygen atoms in total. The van der Waals surface area contributed by atoms with E-state index in [2.05, 4.69) is 44.7 Å². The SMILES string of the molecule is CCN(CC)CC1CCN(c2ncnc3[nH]ccc23)CC1. The van der Waals surface area contributed by atoms with Crippen LogP contribution < -0.4 is 4.90 Å². The fourth-order valence-corrected chi connectivity index (χ4v) is 3.28. The summed E-state index contributed by atoms with van der Waals surface area (Å²) in [6.07, 6.45) is 6.12. The van der Waals surface area contributed by atoms with Crippen molar-refractivity contribution in [2.45, 2.75) is 26.7 Å². The zero-order valence-electron chi connectivity index (χ0n) is 13.0. The van der Waals surface area contributed by atoms with Gasteiger partial charge in [0.1, 0.15) is 17.8 Å². The number of aromatic nitrogens is 3. The van der Waals surface area contributed by atoms with Gasteiger partial charge in [0.15, 0.2) is 0 Å². The first-order valence-electron chi connectivity index (χ1n) is 8.07. The summed E-state index contributed by atoms with van der Waals surface area (Å²) in [5, 5.41) is 1.14. The van der Waals surface area contributed by atoms with Gasteiger partial charge in [-0.15, -0.1) is 0 Å². The fourth-order valence-electron chi connectivity index (χ4n) is 3.28. The van der Waals surface area contributed by atoms with Gasteiger partial charge in [0.25, 0.3) is 0 Å². The van der Waals surface area contributed by atoms with E-state index in [1.807, 2.05) is 6.20 Å². The van der Waals surface area contributed by atoms with Gasteiger partial charge in [-0.3, -0.25) is 0 Å². The Morgan fingerprint density at radius 1 is 1.24 bits per heavy atom. The van der Waals surface area contributed by atoms with Crippen LogP contribution in [0.1, 0.15) is 26.7 Å². The van der Waals surface area contributed by atoms with Crippen molar-refractivity contribution in [3.8, 4) is 0 Å². The van der Waals surface area contributed by atoms with E-state index in [0.717, 1.165) is 48.9 Å². The van der Waals surface area contributed by atoms with Crippen LogP contribution in [0.3, 0.4) is 0 Å². The van der Waals surface area contributed by atoms with Crippen molar-refractivity contribution in [3.63, 3.8) is 0 Å². The van der Waals surface area contributed by atoms with E-state index < -0.39 is 0 Å². The van der Waals surface area contributed by atoms with Crippen molar-refractivity contribution in [1.82, 2.24) is 19.9 Å². The second-order valence-corrected chi connectivity index (χ2v) is 5.85. The van der Waals surface area contributed by atoms with Crippen LogP contribution in [0.2, 0.25) is 0 Å². The van der Waals surface area contributed by atoms with Crippen LogP contribution in [-0.2, 0) is 0 Å². The highest BCUT2D eigenvalue weighted by Gasteiger charge is 2.22. The number of hydrogen-bond donors (Lipinski definition) is 1. The number of nitrogens with one attached hydrogen (secondary N) is 1. The molecule has 0 spiro atoms. The molecule has 0 aromatic carbocycles. The van der Waals surface area contributed by atoms with Gasteiger partial charge in [-0.2, -0.15) is 0 Å². The van der Waals surface area contributed by atoms with Crippen molar-refractivity contribution in [1.29, 1.82) is 0 Å². The fraction of sp³-hybridized carbons (Fsp3) is 0.625. The summed E-state index contributed by atoms with van der Waals surface area (Å²) < 4.78 is 0. The zero-order valence-corrected chi connectivity index (χ0v) is 13.0. The summed E-state index contributed by atoms with van der Waals surface area (Å²) >= 11 is 0. The first-order chi connectivity index (χ1) is 10.3. The second kappa shape index (κ2) is 6.43. The van der Waals surface area contributed by atoms with Gasteiger partial charge in [-0.05, 0) is 37.9 Å². The minimum atomic E-state index is 0.824. The third-order valence-electron chi connectivity index (χ3n) is 4.66. The van der Waals surface area contributed by atoms with E-state index >= 15 is 0 Å². The Morgan fingerprint density at radius 2 is 2.00 bits per heavy atom. The minimum Gasteiger partial charge on any atom is -0.356 e. The lowest BCUT2D eigenvalue weighted by Crippen LogP contribution is -2.39.